The molecule has 21 heavy (non-hydrogen) atoms. The van der Waals surface area contributed by atoms with Crippen LogP contribution in [0.15, 0.2) is 48.7 Å². The van der Waals surface area contributed by atoms with Crippen LogP contribution in [0.4, 0.5) is 0 Å². The van der Waals surface area contributed by atoms with Crippen molar-refractivity contribution < 1.29 is 9.90 Å². The monoisotopic (exact) mass is 299 g/mol. The summed E-state index contributed by atoms with van der Waals surface area (Å²) in [6, 6.07) is 13.1. The largest absolute Gasteiger partial charge is 0.478 e. The van der Waals surface area contributed by atoms with E-state index in [9.17, 15) is 4.79 Å². The summed E-state index contributed by atoms with van der Waals surface area (Å²) in [4.78, 5) is 11.1. The number of benzene rings is 2. The van der Waals surface area contributed by atoms with Crippen LogP contribution < -0.4 is 0 Å². The molecule has 0 aliphatic carbocycles. The van der Waals surface area contributed by atoms with E-state index in [2.05, 4.69) is 0 Å². The SMILES string of the molecule is Cc1ccc(Cn2ccc3ccc(C(=O)O)cc32)c(Cl)c1. The first-order valence-electron chi connectivity index (χ1n) is 6.62. The second kappa shape index (κ2) is 5.26. The summed E-state index contributed by atoms with van der Waals surface area (Å²) < 4.78 is 2.01. The van der Waals surface area contributed by atoms with Crippen LogP contribution >= 0.6 is 11.6 Å². The molecule has 0 radical (unpaired) electrons. The Morgan fingerprint density at radius 2 is 2.00 bits per heavy atom. The van der Waals surface area contributed by atoms with E-state index in [1.54, 1.807) is 12.1 Å². The lowest BCUT2D eigenvalue weighted by Gasteiger charge is -2.09. The van der Waals surface area contributed by atoms with E-state index in [4.69, 9.17) is 16.7 Å². The maximum atomic E-state index is 11.1. The van der Waals surface area contributed by atoms with Crippen LogP contribution in [-0.4, -0.2) is 15.6 Å². The standard InChI is InChI=1S/C17H14ClNO2/c1-11-2-3-14(15(18)8-11)10-19-7-6-12-4-5-13(17(20)21)9-16(12)19/h2-9H,10H2,1H3,(H,20,21). The molecule has 0 aliphatic rings. The Labute approximate surface area is 127 Å². The van der Waals surface area contributed by atoms with Gasteiger partial charge in [-0.2, -0.15) is 0 Å². The first-order chi connectivity index (χ1) is 10.0. The Balaban J connectivity index is 2.04. The van der Waals surface area contributed by atoms with E-state index < -0.39 is 5.97 Å². The molecule has 1 N–H and O–H groups in total. The zero-order valence-corrected chi connectivity index (χ0v) is 12.3. The van der Waals surface area contributed by atoms with Gasteiger partial charge >= 0.3 is 5.97 Å². The molecule has 2 aromatic carbocycles. The molecule has 0 atom stereocenters. The predicted octanol–water partition coefficient (Wildman–Crippen LogP) is 4.35. The number of carboxylic acids is 1. The molecule has 106 valence electrons. The number of hydrogen-bond donors (Lipinski definition) is 1. The summed E-state index contributed by atoms with van der Waals surface area (Å²) in [6.07, 6.45) is 1.95. The summed E-state index contributed by atoms with van der Waals surface area (Å²) in [7, 11) is 0. The molecule has 0 spiro atoms. The quantitative estimate of drug-likeness (QED) is 0.781. The van der Waals surface area contributed by atoms with Crippen LogP contribution in [0.5, 0.6) is 0 Å². The molecule has 0 fully saturated rings. The number of aromatic nitrogens is 1. The third kappa shape index (κ3) is 2.65. The van der Waals surface area contributed by atoms with E-state index >= 15 is 0 Å². The molecule has 0 saturated heterocycles. The third-order valence-electron chi connectivity index (χ3n) is 3.57. The molecule has 3 nitrogen and oxygen atoms in total. The Bertz CT molecular complexity index is 836. The molecule has 0 bridgehead atoms. The van der Waals surface area contributed by atoms with Gasteiger partial charge in [0.1, 0.15) is 0 Å². The van der Waals surface area contributed by atoms with Gasteiger partial charge in [0.05, 0.1) is 5.56 Å². The van der Waals surface area contributed by atoms with Crippen molar-refractivity contribution in [3.8, 4) is 0 Å². The van der Waals surface area contributed by atoms with Gasteiger partial charge in [0.2, 0.25) is 0 Å². The summed E-state index contributed by atoms with van der Waals surface area (Å²) in [6.45, 7) is 2.62. The Kier molecular flexibility index (Phi) is 3.43. The Morgan fingerprint density at radius 3 is 2.71 bits per heavy atom. The highest BCUT2D eigenvalue weighted by Crippen LogP contribution is 2.23. The molecule has 1 heterocycles. The molecule has 0 aliphatic heterocycles. The summed E-state index contributed by atoms with van der Waals surface area (Å²) in [5.41, 5.74) is 3.32. The maximum absolute atomic E-state index is 11.1. The van der Waals surface area contributed by atoms with Gasteiger partial charge in [-0.3, -0.25) is 0 Å². The fourth-order valence-electron chi connectivity index (χ4n) is 2.42. The van der Waals surface area contributed by atoms with Crippen molar-refractivity contribution in [1.29, 1.82) is 0 Å². The van der Waals surface area contributed by atoms with Crippen LogP contribution in [0.2, 0.25) is 5.02 Å². The van der Waals surface area contributed by atoms with E-state index in [1.807, 2.05) is 48.0 Å². The molecule has 0 unspecified atom stereocenters. The molecule has 0 saturated carbocycles. The molecule has 0 amide bonds. The van der Waals surface area contributed by atoms with Crippen molar-refractivity contribution in [2.24, 2.45) is 0 Å². The normalized spacial score (nSPS) is 11.0. The van der Waals surface area contributed by atoms with Gasteiger partial charge in [-0.15, -0.1) is 0 Å². The smallest absolute Gasteiger partial charge is 0.335 e. The van der Waals surface area contributed by atoms with Gasteiger partial charge in [-0.1, -0.05) is 29.8 Å². The average Bonchev–Trinajstić information content (AvgIpc) is 2.84. The van der Waals surface area contributed by atoms with Gasteiger partial charge in [0, 0.05) is 23.3 Å². The minimum atomic E-state index is -0.919. The van der Waals surface area contributed by atoms with Crippen molar-refractivity contribution in [1.82, 2.24) is 4.57 Å². The fourth-order valence-corrected chi connectivity index (χ4v) is 2.71. The van der Waals surface area contributed by atoms with Crippen LogP contribution in [0.25, 0.3) is 10.9 Å². The van der Waals surface area contributed by atoms with Crippen LogP contribution in [0, 0.1) is 6.92 Å². The number of aryl methyl sites for hydroxylation is 1. The highest BCUT2D eigenvalue weighted by atomic mass is 35.5. The van der Waals surface area contributed by atoms with Crippen molar-refractivity contribution in [2.45, 2.75) is 13.5 Å². The van der Waals surface area contributed by atoms with Crippen molar-refractivity contribution in [3.63, 3.8) is 0 Å². The zero-order chi connectivity index (χ0) is 15.0. The van der Waals surface area contributed by atoms with Gasteiger partial charge in [-0.25, -0.2) is 4.79 Å². The second-order valence-corrected chi connectivity index (χ2v) is 5.52. The van der Waals surface area contributed by atoms with E-state index in [-0.39, 0.29) is 5.56 Å². The molecular weight excluding hydrogens is 286 g/mol. The van der Waals surface area contributed by atoms with Crippen molar-refractivity contribution in [2.75, 3.05) is 0 Å². The topological polar surface area (TPSA) is 42.2 Å². The number of fused-ring (bicyclic) bond motifs is 1. The molecule has 1 aromatic heterocycles. The lowest BCUT2D eigenvalue weighted by molar-refractivity contribution is 0.0697. The highest BCUT2D eigenvalue weighted by molar-refractivity contribution is 6.31. The van der Waals surface area contributed by atoms with E-state index in [1.165, 1.54) is 0 Å². The number of nitrogens with zero attached hydrogens (tertiary/aromatic N) is 1. The minimum absolute atomic E-state index is 0.289. The lowest BCUT2D eigenvalue weighted by Crippen LogP contribution is -2.01. The van der Waals surface area contributed by atoms with Crippen LogP contribution in [-0.2, 0) is 6.54 Å². The van der Waals surface area contributed by atoms with Gasteiger partial charge in [0.25, 0.3) is 0 Å². The van der Waals surface area contributed by atoms with Gasteiger partial charge < -0.3 is 9.67 Å². The summed E-state index contributed by atoms with van der Waals surface area (Å²) in [5.74, 6) is -0.919. The van der Waals surface area contributed by atoms with Crippen LogP contribution in [0.3, 0.4) is 0 Å². The molecular formula is C17H14ClNO2. The first kappa shape index (κ1) is 13.7. The van der Waals surface area contributed by atoms with E-state index in [0.717, 1.165) is 27.1 Å². The van der Waals surface area contributed by atoms with E-state index in [0.29, 0.717) is 6.54 Å². The number of rotatable bonds is 3. The molecule has 3 aromatic rings. The summed E-state index contributed by atoms with van der Waals surface area (Å²) in [5, 5.41) is 10.9. The number of carbonyl (C=O) groups is 1. The number of hydrogen-bond acceptors (Lipinski definition) is 1. The lowest BCUT2D eigenvalue weighted by atomic mass is 10.1. The highest BCUT2D eigenvalue weighted by Gasteiger charge is 2.08. The predicted molar refractivity (Wildman–Crippen MR) is 84.2 cm³/mol. The maximum Gasteiger partial charge on any atom is 0.335 e. The van der Waals surface area contributed by atoms with Gasteiger partial charge in [0.15, 0.2) is 0 Å². The number of halogens is 1. The van der Waals surface area contributed by atoms with Crippen molar-refractivity contribution in [3.05, 3.63) is 70.4 Å². The van der Waals surface area contributed by atoms with Crippen LogP contribution in [0.1, 0.15) is 21.5 Å². The molecule has 4 heteroatoms. The summed E-state index contributed by atoms with van der Waals surface area (Å²) >= 11 is 6.27. The molecule has 3 rings (SSSR count). The Hall–Kier alpha value is -2.26. The number of carboxylic acid groups (broad SMARTS) is 1. The number of aromatic carboxylic acids is 1. The average molecular weight is 300 g/mol. The third-order valence-corrected chi connectivity index (χ3v) is 3.92. The second-order valence-electron chi connectivity index (χ2n) is 5.12. The fraction of sp³-hybridized carbons (Fsp3) is 0.118. The van der Waals surface area contributed by atoms with Gasteiger partial charge in [-0.05, 0) is 47.7 Å². The Morgan fingerprint density at radius 1 is 1.19 bits per heavy atom. The first-order valence-corrected chi connectivity index (χ1v) is 6.99. The van der Waals surface area contributed by atoms with Crippen molar-refractivity contribution >= 4 is 28.5 Å². The zero-order valence-electron chi connectivity index (χ0n) is 11.5. The minimum Gasteiger partial charge on any atom is -0.478 e.